The number of methoxy groups -OCH3 is 1. The van der Waals surface area contributed by atoms with Crippen LogP contribution in [0.25, 0.3) is 0 Å². The van der Waals surface area contributed by atoms with Gasteiger partial charge in [0.1, 0.15) is 0 Å². The van der Waals surface area contributed by atoms with Gasteiger partial charge in [0.25, 0.3) is 5.91 Å². The maximum atomic E-state index is 12.1. The highest BCUT2D eigenvalue weighted by Gasteiger charge is 2.17. The van der Waals surface area contributed by atoms with Crippen LogP contribution in [0.1, 0.15) is 46.3 Å². The van der Waals surface area contributed by atoms with Gasteiger partial charge in [-0.1, -0.05) is 6.42 Å². The average Bonchev–Trinajstić information content (AvgIpc) is 2.61. The minimum absolute atomic E-state index is 0.0395. The fourth-order valence-electron chi connectivity index (χ4n) is 2.37. The Bertz CT molecular complexity index is 390. The van der Waals surface area contributed by atoms with E-state index in [1.807, 2.05) is 6.92 Å². The molecule has 0 unspecified atom stereocenters. The minimum Gasteiger partial charge on any atom is -0.383 e. The van der Waals surface area contributed by atoms with Crippen LogP contribution < -0.4 is 5.32 Å². The van der Waals surface area contributed by atoms with E-state index in [4.69, 9.17) is 4.74 Å². The molecule has 1 aromatic rings. The molecule has 0 bridgehead atoms. The number of carbonyl (C=O) groups excluding carboxylic acids is 1. The minimum atomic E-state index is 0.0395. The van der Waals surface area contributed by atoms with Gasteiger partial charge in [-0.05, 0) is 44.2 Å². The van der Waals surface area contributed by atoms with Crippen molar-refractivity contribution in [3.63, 3.8) is 0 Å². The van der Waals surface area contributed by atoms with Crippen LogP contribution in [0.3, 0.4) is 0 Å². The van der Waals surface area contributed by atoms with Crippen LogP contribution in [0, 0.1) is 0 Å². The lowest BCUT2D eigenvalue weighted by atomic mass is 10.1. The molecule has 0 radical (unpaired) electrons. The maximum absolute atomic E-state index is 12.1. The van der Waals surface area contributed by atoms with Gasteiger partial charge >= 0.3 is 0 Å². The zero-order chi connectivity index (χ0) is 13.0. The molecule has 1 aromatic heterocycles. The molecule has 0 fully saturated rings. The average molecular weight is 267 g/mol. The van der Waals surface area contributed by atoms with Crippen LogP contribution in [0.4, 0.5) is 0 Å². The molecule has 1 aliphatic carbocycles. The van der Waals surface area contributed by atoms with Crippen molar-refractivity contribution in [2.24, 2.45) is 0 Å². The van der Waals surface area contributed by atoms with Crippen LogP contribution in [-0.2, 0) is 17.6 Å². The second-order valence-corrected chi connectivity index (χ2v) is 6.09. The number of hydrogen-bond acceptors (Lipinski definition) is 3. The summed E-state index contributed by atoms with van der Waals surface area (Å²) in [7, 11) is 1.65. The van der Waals surface area contributed by atoms with Gasteiger partial charge in [0.05, 0.1) is 11.5 Å². The van der Waals surface area contributed by atoms with Gasteiger partial charge in [0.15, 0.2) is 0 Å². The Hall–Kier alpha value is -0.870. The first-order chi connectivity index (χ1) is 8.70. The third-order valence-electron chi connectivity index (χ3n) is 3.26. The molecular weight excluding hydrogens is 246 g/mol. The topological polar surface area (TPSA) is 38.3 Å². The number of hydrogen-bond donors (Lipinski definition) is 1. The van der Waals surface area contributed by atoms with E-state index in [9.17, 15) is 4.79 Å². The third-order valence-corrected chi connectivity index (χ3v) is 4.50. The Morgan fingerprint density at radius 3 is 3.00 bits per heavy atom. The Balaban J connectivity index is 2.02. The van der Waals surface area contributed by atoms with Crippen LogP contribution in [0.15, 0.2) is 6.07 Å². The third kappa shape index (κ3) is 3.33. The van der Waals surface area contributed by atoms with E-state index in [2.05, 4.69) is 11.4 Å². The quantitative estimate of drug-likeness (QED) is 0.852. The van der Waals surface area contributed by atoms with Gasteiger partial charge < -0.3 is 10.1 Å². The molecule has 100 valence electrons. The Morgan fingerprint density at radius 1 is 1.44 bits per heavy atom. The summed E-state index contributed by atoms with van der Waals surface area (Å²) >= 11 is 1.66. The molecule has 0 spiro atoms. The van der Waals surface area contributed by atoms with Crippen LogP contribution >= 0.6 is 11.3 Å². The van der Waals surface area contributed by atoms with E-state index in [-0.39, 0.29) is 11.9 Å². The number of ether oxygens (including phenoxy) is 1. The van der Waals surface area contributed by atoms with Crippen molar-refractivity contribution in [1.29, 1.82) is 0 Å². The molecule has 4 heteroatoms. The van der Waals surface area contributed by atoms with E-state index in [1.54, 1.807) is 18.4 Å². The van der Waals surface area contributed by atoms with Gasteiger partial charge in [-0.3, -0.25) is 4.79 Å². The normalized spacial score (nSPS) is 16.8. The highest BCUT2D eigenvalue weighted by molar-refractivity contribution is 7.14. The second-order valence-electron chi connectivity index (χ2n) is 4.95. The fraction of sp³-hybridized carbons (Fsp3) is 0.643. The van der Waals surface area contributed by atoms with E-state index < -0.39 is 0 Å². The number of aryl methyl sites for hydroxylation is 2. The molecular formula is C14H21NO2S. The van der Waals surface area contributed by atoms with Gasteiger partial charge in [-0.2, -0.15) is 0 Å². The van der Waals surface area contributed by atoms with E-state index >= 15 is 0 Å². The summed E-state index contributed by atoms with van der Waals surface area (Å²) in [6, 6.07) is 2.14. The predicted octanol–water partition coefficient (Wildman–Crippen LogP) is 2.78. The lowest BCUT2D eigenvalue weighted by molar-refractivity contribution is 0.0909. The second kappa shape index (κ2) is 6.34. The highest BCUT2D eigenvalue weighted by Crippen LogP contribution is 2.28. The molecule has 0 saturated heterocycles. The van der Waals surface area contributed by atoms with Crippen LogP contribution in [0.2, 0.25) is 0 Å². The molecule has 1 atom stereocenters. The Kier molecular flexibility index (Phi) is 4.78. The number of fused-ring (bicyclic) bond motifs is 1. The van der Waals surface area contributed by atoms with E-state index in [0.29, 0.717) is 6.61 Å². The molecule has 1 aliphatic rings. The van der Waals surface area contributed by atoms with Crippen molar-refractivity contribution < 1.29 is 9.53 Å². The zero-order valence-corrected chi connectivity index (χ0v) is 11.9. The summed E-state index contributed by atoms with van der Waals surface area (Å²) < 4.78 is 5.03. The molecule has 1 N–H and O–H groups in total. The van der Waals surface area contributed by atoms with Crippen molar-refractivity contribution in [2.45, 2.75) is 45.1 Å². The Labute approximate surface area is 113 Å². The summed E-state index contributed by atoms with van der Waals surface area (Å²) in [4.78, 5) is 14.3. The Morgan fingerprint density at radius 2 is 2.22 bits per heavy atom. The molecule has 2 rings (SSSR count). The summed E-state index contributed by atoms with van der Waals surface area (Å²) in [5, 5.41) is 2.97. The van der Waals surface area contributed by atoms with Gasteiger partial charge in [-0.15, -0.1) is 11.3 Å². The van der Waals surface area contributed by atoms with Crippen molar-refractivity contribution in [3.05, 3.63) is 21.4 Å². The predicted molar refractivity (Wildman–Crippen MR) is 74.4 cm³/mol. The molecule has 1 heterocycles. The first-order valence-corrected chi connectivity index (χ1v) is 7.43. The summed E-state index contributed by atoms with van der Waals surface area (Å²) in [6.07, 6.45) is 6.10. The van der Waals surface area contributed by atoms with E-state index in [0.717, 1.165) is 17.7 Å². The first-order valence-electron chi connectivity index (χ1n) is 6.62. The molecule has 0 aromatic carbocycles. The summed E-state index contributed by atoms with van der Waals surface area (Å²) in [6.45, 7) is 2.51. The number of nitrogens with one attached hydrogen (secondary N) is 1. The molecule has 1 amide bonds. The van der Waals surface area contributed by atoms with Crippen molar-refractivity contribution in [1.82, 2.24) is 5.32 Å². The lowest BCUT2D eigenvalue weighted by Crippen LogP contribution is -2.35. The zero-order valence-electron chi connectivity index (χ0n) is 11.1. The molecule has 18 heavy (non-hydrogen) atoms. The van der Waals surface area contributed by atoms with Gasteiger partial charge in [0, 0.05) is 18.0 Å². The van der Waals surface area contributed by atoms with Crippen molar-refractivity contribution >= 4 is 17.2 Å². The summed E-state index contributed by atoms with van der Waals surface area (Å²) in [5.74, 6) is 0.0395. The number of thiophene rings is 1. The van der Waals surface area contributed by atoms with Gasteiger partial charge in [-0.25, -0.2) is 0 Å². The molecule has 0 aliphatic heterocycles. The smallest absolute Gasteiger partial charge is 0.261 e. The first kappa shape index (κ1) is 13.6. The van der Waals surface area contributed by atoms with Crippen molar-refractivity contribution in [2.75, 3.05) is 13.7 Å². The summed E-state index contributed by atoms with van der Waals surface area (Å²) in [5.41, 5.74) is 1.39. The lowest BCUT2D eigenvalue weighted by Gasteiger charge is -2.11. The van der Waals surface area contributed by atoms with Crippen LogP contribution in [0.5, 0.6) is 0 Å². The SMILES string of the molecule is COC[C@H](C)NC(=O)c1cc2c(s1)CCCCC2. The van der Waals surface area contributed by atoms with Crippen LogP contribution in [-0.4, -0.2) is 25.7 Å². The molecule has 3 nitrogen and oxygen atoms in total. The standard InChI is InChI=1S/C14H21NO2S/c1-10(9-17-2)15-14(16)13-8-11-6-4-3-5-7-12(11)18-13/h8,10H,3-7,9H2,1-2H3,(H,15,16)/t10-/m0/s1. The number of rotatable bonds is 4. The molecule has 0 saturated carbocycles. The number of carbonyl (C=O) groups is 1. The monoisotopic (exact) mass is 267 g/mol. The van der Waals surface area contributed by atoms with E-state index in [1.165, 1.54) is 29.7 Å². The van der Waals surface area contributed by atoms with Crippen molar-refractivity contribution in [3.8, 4) is 0 Å². The highest BCUT2D eigenvalue weighted by atomic mass is 32.1. The van der Waals surface area contributed by atoms with Gasteiger partial charge in [0.2, 0.25) is 0 Å². The fourth-order valence-corrected chi connectivity index (χ4v) is 3.52. The maximum Gasteiger partial charge on any atom is 0.261 e. The number of amides is 1. The largest absolute Gasteiger partial charge is 0.383 e.